The van der Waals surface area contributed by atoms with Crippen molar-refractivity contribution in [3.63, 3.8) is 0 Å². The molecule has 4 rings (SSSR count). The Balaban J connectivity index is 1.39. The summed E-state index contributed by atoms with van der Waals surface area (Å²) in [5.74, 6) is 0.368. The van der Waals surface area contributed by atoms with Gasteiger partial charge in [0, 0.05) is 37.6 Å². The van der Waals surface area contributed by atoms with E-state index in [0.29, 0.717) is 30.9 Å². The molecule has 1 N–H and O–H groups in total. The van der Waals surface area contributed by atoms with E-state index < -0.39 is 0 Å². The van der Waals surface area contributed by atoms with Crippen LogP contribution in [0.1, 0.15) is 35.7 Å². The lowest BCUT2D eigenvalue weighted by Crippen LogP contribution is -2.40. The Morgan fingerprint density at radius 2 is 2.30 bits per heavy atom. The molecule has 2 aromatic rings. The average Bonchev–Trinajstić information content (AvgIpc) is 3.29. The first kappa shape index (κ1) is 17.9. The second-order valence-electron chi connectivity index (χ2n) is 7.04. The van der Waals surface area contributed by atoms with Crippen molar-refractivity contribution in [1.29, 1.82) is 0 Å². The molecule has 1 atom stereocenters. The van der Waals surface area contributed by atoms with Crippen LogP contribution in [-0.2, 0) is 24.8 Å². The number of hydrogen-bond donors (Lipinski definition) is 1. The molecule has 1 aromatic heterocycles. The fraction of sp³-hybridized carbons (Fsp3) is 0.450. The molecule has 144 valence electrons. The molecule has 2 aliphatic rings. The molecular formula is C20H24FN3O3. The third kappa shape index (κ3) is 3.64. The van der Waals surface area contributed by atoms with Crippen LogP contribution in [0.3, 0.4) is 0 Å². The van der Waals surface area contributed by atoms with Gasteiger partial charge in [-0.2, -0.15) is 0 Å². The number of likely N-dealkylation sites (tertiary alicyclic amines) is 1. The number of amides is 2. The maximum Gasteiger partial charge on any atom is 0.317 e. The lowest BCUT2D eigenvalue weighted by molar-refractivity contribution is -0.0172. The van der Waals surface area contributed by atoms with Crippen LogP contribution >= 0.6 is 0 Å². The molecule has 0 unspecified atom stereocenters. The fourth-order valence-corrected chi connectivity index (χ4v) is 3.99. The predicted octanol–water partition coefficient (Wildman–Crippen LogP) is 3.12. The SMILES string of the molecule is Cn1cccc1[C@@H]1CCCN1C(=O)NCCc1cc(F)cc2c1OCOC2. The summed E-state index contributed by atoms with van der Waals surface area (Å²) in [6.07, 6.45) is 4.47. The Labute approximate surface area is 157 Å². The lowest BCUT2D eigenvalue weighted by atomic mass is 10.1. The minimum atomic E-state index is -0.313. The Hall–Kier alpha value is -2.54. The van der Waals surface area contributed by atoms with Gasteiger partial charge in [-0.1, -0.05) is 0 Å². The highest BCUT2D eigenvalue weighted by Gasteiger charge is 2.31. The predicted molar refractivity (Wildman–Crippen MR) is 97.9 cm³/mol. The molecular weight excluding hydrogens is 349 g/mol. The van der Waals surface area contributed by atoms with Crippen LogP contribution in [0.2, 0.25) is 0 Å². The second-order valence-corrected chi connectivity index (χ2v) is 7.04. The molecule has 0 saturated carbocycles. The highest BCUT2D eigenvalue weighted by atomic mass is 19.1. The second kappa shape index (κ2) is 7.60. The number of aryl methyl sites for hydroxylation is 1. The van der Waals surface area contributed by atoms with E-state index in [2.05, 4.69) is 16.0 Å². The van der Waals surface area contributed by atoms with Crippen LogP contribution < -0.4 is 10.1 Å². The van der Waals surface area contributed by atoms with Gasteiger partial charge in [-0.3, -0.25) is 0 Å². The molecule has 1 saturated heterocycles. The Morgan fingerprint density at radius 3 is 3.11 bits per heavy atom. The van der Waals surface area contributed by atoms with E-state index in [1.807, 2.05) is 24.2 Å². The van der Waals surface area contributed by atoms with Crippen LogP contribution in [0.15, 0.2) is 30.5 Å². The van der Waals surface area contributed by atoms with Gasteiger partial charge in [0.05, 0.1) is 12.6 Å². The zero-order chi connectivity index (χ0) is 18.8. The molecule has 0 bridgehead atoms. The van der Waals surface area contributed by atoms with E-state index in [4.69, 9.17) is 9.47 Å². The monoisotopic (exact) mass is 373 g/mol. The number of fused-ring (bicyclic) bond motifs is 1. The standard InChI is InChI=1S/C20H24FN3O3/c1-23-8-2-4-17(23)18-5-3-9-24(18)20(25)22-7-6-14-10-16(21)11-15-12-26-13-27-19(14)15/h2,4,8,10-11,18H,3,5-7,9,12-13H2,1H3,(H,22,25)/t18-/m0/s1. The van der Waals surface area contributed by atoms with Gasteiger partial charge in [0.15, 0.2) is 6.79 Å². The first-order chi connectivity index (χ1) is 13.1. The fourth-order valence-electron chi connectivity index (χ4n) is 3.99. The van der Waals surface area contributed by atoms with Crippen molar-refractivity contribution < 1.29 is 18.7 Å². The van der Waals surface area contributed by atoms with Gasteiger partial charge < -0.3 is 24.3 Å². The molecule has 6 nitrogen and oxygen atoms in total. The Morgan fingerprint density at radius 1 is 1.41 bits per heavy atom. The summed E-state index contributed by atoms with van der Waals surface area (Å²) in [7, 11) is 2.00. The van der Waals surface area contributed by atoms with Gasteiger partial charge in [0.2, 0.25) is 0 Å². The van der Waals surface area contributed by atoms with Crippen molar-refractivity contribution in [2.24, 2.45) is 7.05 Å². The van der Waals surface area contributed by atoms with Crippen molar-refractivity contribution in [3.8, 4) is 5.75 Å². The minimum Gasteiger partial charge on any atom is -0.467 e. The highest BCUT2D eigenvalue weighted by Crippen LogP contribution is 2.32. The van der Waals surface area contributed by atoms with Crippen molar-refractivity contribution in [3.05, 3.63) is 53.1 Å². The zero-order valence-electron chi connectivity index (χ0n) is 15.4. The van der Waals surface area contributed by atoms with Crippen molar-refractivity contribution >= 4 is 6.03 Å². The van der Waals surface area contributed by atoms with Crippen LogP contribution in [0.25, 0.3) is 0 Å². The number of aromatic nitrogens is 1. The topological polar surface area (TPSA) is 55.7 Å². The highest BCUT2D eigenvalue weighted by molar-refractivity contribution is 5.75. The molecule has 7 heteroatoms. The average molecular weight is 373 g/mol. The van der Waals surface area contributed by atoms with Crippen molar-refractivity contribution in [2.45, 2.75) is 31.9 Å². The number of carbonyl (C=O) groups excluding carboxylic acids is 1. The molecule has 2 amide bonds. The number of nitrogens with one attached hydrogen (secondary N) is 1. The summed E-state index contributed by atoms with van der Waals surface area (Å²) < 4.78 is 26.6. The van der Waals surface area contributed by atoms with Crippen LogP contribution in [0, 0.1) is 5.82 Å². The molecule has 1 aromatic carbocycles. The first-order valence-electron chi connectivity index (χ1n) is 9.31. The Kier molecular flexibility index (Phi) is 5.03. The van der Waals surface area contributed by atoms with E-state index in [0.717, 1.165) is 30.6 Å². The molecule has 1 fully saturated rings. The summed E-state index contributed by atoms with van der Waals surface area (Å²) >= 11 is 0. The van der Waals surface area contributed by atoms with Crippen LogP contribution in [0.5, 0.6) is 5.75 Å². The molecule has 0 spiro atoms. The number of carbonyl (C=O) groups is 1. The molecule has 3 heterocycles. The van der Waals surface area contributed by atoms with Gasteiger partial charge in [0.25, 0.3) is 0 Å². The molecule has 0 aliphatic carbocycles. The van der Waals surface area contributed by atoms with Gasteiger partial charge in [-0.05, 0) is 49.1 Å². The van der Waals surface area contributed by atoms with E-state index in [1.54, 1.807) is 0 Å². The van der Waals surface area contributed by atoms with Gasteiger partial charge in [0.1, 0.15) is 11.6 Å². The zero-order valence-corrected chi connectivity index (χ0v) is 15.4. The number of ether oxygens (including phenoxy) is 2. The Bertz CT molecular complexity index is 836. The third-order valence-electron chi connectivity index (χ3n) is 5.26. The van der Waals surface area contributed by atoms with E-state index in [9.17, 15) is 9.18 Å². The third-order valence-corrected chi connectivity index (χ3v) is 5.26. The molecule has 27 heavy (non-hydrogen) atoms. The summed E-state index contributed by atoms with van der Waals surface area (Å²) in [4.78, 5) is 14.6. The number of benzene rings is 1. The van der Waals surface area contributed by atoms with Gasteiger partial charge in [-0.15, -0.1) is 0 Å². The molecule has 0 radical (unpaired) electrons. The van der Waals surface area contributed by atoms with Gasteiger partial charge in [-0.25, -0.2) is 9.18 Å². The maximum atomic E-state index is 13.8. The number of halogens is 1. The smallest absolute Gasteiger partial charge is 0.317 e. The largest absolute Gasteiger partial charge is 0.467 e. The van der Waals surface area contributed by atoms with Crippen LogP contribution in [0.4, 0.5) is 9.18 Å². The van der Waals surface area contributed by atoms with E-state index >= 15 is 0 Å². The summed E-state index contributed by atoms with van der Waals surface area (Å²) in [5, 5.41) is 2.98. The van der Waals surface area contributed by atoms with Crippen LogP contribution in [-0.4, -0.2) is 35.4 Å². The quantitative estimate of drug-likeness (QED) is 0.896. The van der Waals surface area contributed by atoms with Crippen molar-refractivity contribution in [2.75, 3.05) is 19.9 Å². The number of nitrogens with zero attached hydrogens (tertiary/aromatic N) is 2. The minimum absolute atomic E-state index is 0.0757. The van der Waals surface area contributed by atoms with E-state index in [1.165, 1.54) is 12.1 Å². The van der Waals surface area contributed by atoms with Gasteiger partial charge >= 0.3 is 6.03 Å². The summed E-state index contributed by atoms with van der Waals surface area (Å²) in [6, 6.07) is 7.00. The van der Waals surface area contributed by atoms with E-state index in [-0.39, 0.29) is 24.7 Å². The lowest BCUT2D eigenvalue weighted by Gasteiger charge is -2.26. The summed E-state index contributed by atoms with van der Waals surface area (Å²) in [5.41, 5.74) is 2.62. The first-order valence-corrected chi connectivity index (χ1v) is 9.31. The normalized spacial score (nSPS) is 18.9. The number of urea groups is 1. The molecule has 2 aliphatic heterocycles. The summed E-state index contributed by atoms with van der Waals surface area (Å²) in [6.45, 7) is 1.69. The van der Waals surface area contributed by atoms with Crippen molar-refractivity contribution in [1.82, 2.24) is 14.8 Å². The maximum absolute atomic E-state index is 13.8. The number of hydrogen-bond acceptors (Lipinski definition) is 3. The number of rotatable bonds is 4.